The average molecular weight is 127 g/mol. The van der Waals surface area contributed by atoms with E-state index in [9.17, 15) is 0 Å². The first-order valence-corrected chi connectivity index (χ1v) is 3.47. The van der Waals surface area contributed by atoms with Gasteiger partial charge in [0, 0.05) is 6.92 Å². The summed E-state index contributed by atoms with van der Waals surface area (Å²) in [7, 11) is 2.10. The fraction of sp³-hybridized carbons (Fsp3) is 0.857. The molecule has 1 aliphatic rings. The van der Waals surface area contributed by atoms with E-state index in [2.05, 4.69) is 43.6 Å². The van der Waals surface area contributed by atoms with Gasteiger partial charge in [-0.15, -0.1) is 0 Å². The Bertz CT molecular complexity index is 138. The molecule has 1 aliphatic heterocycles. The second-order valence-electron chi connectivity index (χ2n) is 2.95. The minimum absolute atomic E-state index is 0.602. The lowest BCUT2D eigenvalue weighted by Gasteiger charge is -2.31. The summed E-state index contributed by atoms with van der Waals surface area (Å²) < 4.78 is 2.21. The van der Waals surface area contributed by atoms with Crippen LogP contribution in [0, 0.1) is 0 Å². The molecule has 0 saturated heterocycles. The normalized spacial score (nSPS) is 26.1. The molecule has 0 N–H and O–H groups in total. The van der Waals surface area contributed by atoms with Crippen LogP contribution in [0.25, 0.3) is 0 Å². The average Bonchev–Trinajstić information content (AvgIpc) is 1.81. The van der Waals surface area contributed by atoms with E-state index in [0.29, 0.717) is 12.2 Å². The highest BCUT2D eigenvalue weighted by atomic mass is 15.4. The molecule has 0 radical (unpaired) electrons. The Morgan fingerprint density at radius 3 is 2.22 bits per heavy atom. The highest BCUT2D eigenvalue weighted by Crippen LogP contribution is 2.09. The SMILES string of the molecule is CC(C)N1C=[N+](C)C1C. The third kappa shape index (κ3) is 0.934. The van der Waals surface area contributed by atoms with Crippen molar-refractivity contribution in [2.75, 3.05) is 7.05 Å². The standard InChI is InChI=1S/C7H15N2/c1-6(2)9-5-8(4)7(9)3/h5-7H,1-4H3/q+1. The molecule has 0 fully saturated rings. The Hall–Kier alpha value is -0.530. The first kappa shape index (κ1) is 6.59. The van der Waals surface area contributed by atoms with Crippen molar-refractivity contribution >= 4 is 6.34 Å². The van der Waals surface area contributed by atoms with Crippen LogP contribution in [0.5, 0.6) is 0 Å². The Labute approximate surface area is 56.8 Å². The smallest absolute Gasteiger partial charge is 0.231 e. The van der Waals surface area contributed by atoms with Gasteiger partial charge in [0.25, 0.3) is 0 Å². The van der Waals surface area contributed by atoms with Gasteiger partial charge < -0.3 is 0 Å². The van der Waals surface area contributed by atoms with Gasteiger partial charge in [-0.05, 0) is 13.8 Å². The lowest BCUT2D eigenvalue weighted by atomic mass is 10.3. The molecule has 0 spiro atoms. The number of hydrogen-bond donors (Lipinski definition) is 0. The molecular formula is C7H15N2+. The zero-order valence-corrected chi connectivity index (χ0v) is 6.63. The van der Waals surface area contributed by atoms with Crippen LogP contribution in [0.4, 0.5) is 0 Å². The van der Waals surface area contributed by atoms with Gasteiger partial charge in [-0.1, -0.05) is 0 Å². The second kappa shape index (κ2) is 2.01. The van der Waals surface area contributed by atoms with Crippen LogP contribution in [0.2, 0.25) is 0 Å². The molecule has 1 rings (SSSR count). The Morgan fingerprint density at radius 2 is 2.11 bits per heavy atom. The maximum absolute atomic E-state index is 2.33. The molecule has 9 heavy (non-hydrogen) atoms. The zero-order valence-electron chi connectivity index (χ0n) is 6.63. The van der Waals surface area contributed by atoms with Crippen LogP contribution in [-0.4, -0.2) is 35.1 Å². The topological polar surface area (TPSA) is 6.25 Å². The zero-order chi connectivity index (χ0) is 7.02. The predicted molar refractivity (Wildman–Crippen MR) is 38.7 cm³/mol. The van der Waals surface area contributed by atoms with Crippen LogP contribution in [0.3, 0.4) is 0 Å². The van der Waals surface area contributed by atoms with Gasteiger partial charge in [-0.3, -0.25) is 0 Å². The summed E-state index contributed by atoms with van der Waals surface area (Å²) in [5.74, 6) is 0. The highest BCUT2D eigenvalue weighted by Gasteiger charge is 2.32. The maximum atomic E-state index is 2.33. The van der Waals surface area contributed by atoms with Gasteiger partial charge in [0.15, 0.2) is 0 Å². The molecule has 0 saturated carbocycles. The molecular weight excluding hydrogens is 112 g/mol. The van der Waals surface area contributed by atoms with E-state index in [-0.39, 0.29) is 0 Å². The molecule has 2 heteroatoms. The molecule has 0 aliphatic carbocycles. The summed E-state index contributed by atoms with van der Waals surface area (Å²) in [5, 5.41) is 0. The Morgan fingerprint density at radius 1 is 1.56 bits per heavy atom. The van der Waals surface area contributed by atoms with Crippen molar-refractivity contribution in [2.24, 2.45) is 0 Å². The molecule has 0 aromatic heterocycles. The first-order chi connectivity index (χ1) is 4.13. The second-order valence-corrected chi connectivity index (χ2v) is 2.95. The number of hydrogen-bond acceptors (Lipinski definition) is 1. The molecule has 52 valence electrons. The molecule has 0 aromatic rings. The summed E-state index contributed by atoms with van der Waals surface area (Å²) in [4.78, 5) is 2.33. The molecule has 1 heterocycles. The maximum Gasteiger partial charge on any atom is 0.240 e. The molecule has 2 nitrogen and oxygen atoms in total. The van der Waals surface area contributed by atoms with Gasteiger partial charge in [0.2, 0.25) is 12.5 Å². The van der Waals surface area contributed by atoms with Gasteiger partial charge in [-0.25, -0.2) is 9.48 Å². The quantitative estimate of drug-likeness (QED) is 0.471. The van der Waals surface area contributed by atoms with Crippen LogP contribution >= 0.6 is 0 Å². The van der Waals surface area contributed by atoms with E-state index in [1.165, 1.54) is 0 Å². The van der Waals surface area contributed by atoms with E-state index in [0.717, 1.165) is 0 Å². The molecule has 0 bridgehead atoms. The summed E-state index contributed by atoms with van der Waals surface area (Å²) in [6.07, 6.45) is 2.75. The summed E-state index contributed by atoms with van der Waals surface area (Å²) in [6, 6.07) is 0.649. The van der Waals surface area contributed by atoms with Gasteiger partial charge in [0.1, 0.15) is 0 Å². The van der Waals surface area contributed by atoms with Gasteiger partial charge in [-0.2, -0.15) is 0 Å². The molecule has 0 aromatic carbocycles. The van der Waals surface area contributed by atoms with Gasteiger partial charge >= 0.3 is 0 Å². The van der Waals surface area contributed by atoms with Crippen LogP contribution < -0.4 is 0 Å². The van der Waals surface area contributed by atoms with Gasteiger partial charge in [0.05, 0.1) is 13.1 Å². The molecule has 1 unspecified atom stereocenters. The lowest BCUT2D eigenvalue weighted by Crippen LogP contribution is -2.54. The van der Waals surface area contributed by atoms with Crippen LogP contribution in [-0.2, 0) is 0 Å². The van der Waals surface area contributed by atoms with Crippen molar-refractivity contribution in [3.8, 4) is 0 Å². The van der Waals surface area contributed by atoms with E-state index in [1.54, 1.807) is 0 Å². The molecule has 0 amide bonds. The van der Waals surface area contributed by atoms with Crippen molar-refractivity contribution in [3.05, 3.63) is 0 Å². The number of rotatable bonds is 1. The summed E-state index contributed by atoms with van der Waals surface area (Å²) in [5.41, 5.74) is 0. The fourth-order valence-corrected chi connectivity index (χ4v) is 1.11. The van der Waals surface area contributed by atoms with E-state index < -0.39 is 0 Å². The minimum atomic E-state index is 0.602. The lowest BCUT2D eigenvalue weighted by molar-refractivity contribution is -0.595. The van der Waals surface area contributed by atoms with E-state index in [4.69, 9.17) is 0 Å². The van der Waals surface area contributed by atoms with Crippen molar-refractivity contribution in [2.45, 2.75) is 33.0 Å². The largest absolute Gasteiger partial charge is 0.240 e. The van der Waals surface area contributed by atoms with Crippen molar-refractivity contribution < 1.29 is 4.58 Å². The third-order valence-electron chi connectivity index (χ3n) is 1.93. The van der Waals surface area contributed by atoms with Crippen molar-refractivity contribution in [1.82, 2.24) is 4.90 Å². The van der Waals surface area contributed by atoms with Crippen LogP contribution in [0.15, 0.2) is 0 Å². The Balaban J connectivity index is 2.52. The monoisotopic (exact) mass is 127 g/mol. The van der Waals surface area contributed by atoms with E-state index >= 15 is 0 Å². The highest BCUT2D eigenvalue weighted by molar-refractivity contribution is 5.53. The first-order valence-electron chi connectivity index (χ1n) is 3.47. The van der Waals surface area contributed by atoms with Crippen molar-refractivity contribution in [1.29, 1.82) is 0 Å². The number of nitrogens with zero attached hydrogens (tertiary/aromatic N) is 2. The minimum Gasteiger partial charge on any atom is -0.231 e. The predicted octanol–water partition coefficient (Wildman–Crippen LogP) is 0.727. The van der Waals surface area contributed by atoms with Crippen LogP contribution in [0.1, 0.15) is 20.8 Å². The van der Waals surface area contributed by atoms with E-state index in [1.807, 2.05) is 0 Å². The summed E-state index contributed by atoms with van der Waals surface area (Å²) >= 11 is 0. The molecule has 1 atom stereocenters. The Kier molecular flexibility index (Phi) is 1.47. The summed E-state index contributed by atoms with van der Waals surface area (Å²) in [6.45, 7) is 6.62. The fourth-order valence-electron chi connectivity index (χ4n) is 1.11. The third-order valence-corrected chi connectivity index (χ3v) is 1.93. The van der Waals surface area contributed by atoms with Crippen molar-refractivity contribution in [3.63, 3.8) is 0 Å².